The number of nitrogens with zero attached hydrogens (tertiary/aromatic N) is 1. The normalized spacial score (nSPS) is 40.6. The summed E-state index contributed by atoms with van der Waals surface area (Å²) >= 11 is 0. The highest BCUT2D eigenvalue weighted by Gasteiger charge is 2.52. The zero-order valence-electron chi connectivity index (χ0n) is 22.7. The van der Waals surface area contributed by atoms with Crippen LogP contribution in [0.1, 0.15) is 85.5 Å². The molecular weight excluding hydrogens is 480 g/mol. The molecule has 2 heterocycles. The molecule has 4 aliphatic rings. The van der Waals surface area contributed by atoms with Gasteiger partial charge in [0.2, 0.25) is 5.79 Å². The molecule has 2 aliphatic carbocycles. The summed E-state index contributed by atoms with van der Waals surface area (Å²) < 4.78 is 11.1. The van der Waals surface area contributed by atoms with E-state index in [0.29, 0.717) is 50.9 Å². The van der Waals surface area contributed by atoms with Crippen LogP contribution in [0.15, 0.2) is 0 Å². The number of hydrogen-bond acceptors (Lipinski definition) is 9. The van der Waals surface area contributed by atoms with Crippen LogP contribution in [0.5, 0.6) is 0 Å². The van der Waals surface area contributed by atoms with E-state index in [1.807, 2.05) is 20.8 Å². The van der Waals surface area contributed by atoms with Gasteiger partial charge >= 0.3 is 5.97 Å². The minimum Gasteiger partial charge on any atom is -0.461 e. The number of rotatable bonds is 5. The van der Waals surface area contributed by atoms with Gasteiger partial charge in [-0.1, -0.05) is 20.8 Å². The van der Waals surface area contributed by atoms with Crippen LogP contribution in [0.3, 0.4) is 0 Å². The Kier molecular flexibility index (Phi) is 10.1. The van der Waals surface area contributed by atoms with Crippen molar-refractivity contribution in [2.24, 2.45) is 29.4 Å². The Labute approximate surface area is 219 Å². The first-order chi connectivity index (χ1) is 17.5. The van der Waals surface area contributed by atoms with Gasteiger partial charge in [0.25, 0.3) is 11.7 Å². The molecule has 37 heavy (non-hydrogen) atoms. The molecule has 0 aromatic heterocycles. The van der Waals surface area contributed by atoms with E-state index in [0.717, 1.165) is 12.8 Å². The van der Waals surface area contributed by atoms with Gasteiger partial charge in [-0.3, -0.25) is 9.59 Å². The first kappa shape index (κ1) is 30.0. The van der Waals surface area contributed by atoms with Crippen molar-refractivity contribution in [1.82, 2.24) is 4.90 Å². The van der Waals surface area contributed by atoms with Crippen molar-refractivity contribution in [3.8, 4) is 0 Å². The number of carbonyl (C=O) groups is 3. The summed E-state index contributed by atoms with van der Waals surface area (Å²) in [5, 5.41) is 31.3. The van der Waals surface area contributed by atoms with Crippen molar-refractivity contribution < 1.29 is 39.2 Å². The van der Waals surface area contributed by atoms with Gasteiger partial charge in [-0.15, -0.1) is 0 Å². The van der Waals surface area contributed by atoms with Crippen LogP contribution in [0.2, 0.25) is 0 Å². The molecule has 10 unspecified atom stereocenters. The minimum absolute atomic E-state index is 0.000113. The van der Waals surface area contributed by atoms with Crippen LogP contribution in [-0.4, -0.2) is 80.8 Å². The Balaban J connectivity index is 0.00000186. The number of Topliss-reactive ketones (excluding diaryl/α,β-unsaturated/α-hetero) is 1. The van der Waals surface area contributed by atoms with Crippen LogP contribution < -0.4 is 5.73 Å². The summed E-state index contributed by atoms with van der Waals surface area (Å²) in [4.78, 5) is 40.6. The molecule has 4 rings (SSSR count). The van der Waals surface area contributed by atoms with Crippen LogP contribution in [-0.2, 0) is 23.9 Å². The maximum absolute atomic E-state index is 13.2. The molecule has 0 spiro atoms. The van der Waals surface area contributed by atoms with E-state index >= 15 is 0 Å². The quantitative estimate of drug-likeness (QED) is 0.307. The molecule has 2 aliphatic heterocycles. The van der Waals surface area contributed by atoms with Crippen LogP contribution in [0.4, 0.5) is 0 Å². The molecule has 4 fully saturated rings. The number of fused-ring (bicyclic) bond motifs is 1. The standard InChI is InChI=1S/C25H40N2O8.C2H6/c1-13-6-9-20(26)35-25(13,33)22(30)23(31)27-10-4-3-5-18(27)24(32)34-14(2)16-11-15-7-8-19(28)21(29)17(15)12-16;1-2/h13-21,28-29,33H,3-12,26H2,1-2H3;1-2H3. The second-order valence-corrected chi connectivity index (χ2v) is 11.1. The molecular formula is C27H46N2O8. The topological polar surface area (TPSA) is 160 Å². The van der Waals surface area contributed by atoms with E-state index < -0.39 is 59.9 Å². The van der Waals surface area contributed by atoms with Crippen molar-refractivity contribution in [2.45, 2.75) is 122 Å². The van der Waals surface area contributed by atoms with Gasteiger partial charge in [0.05, 0.1) is 12.2 Å². The van der Waals surface area contributed by atoms with Crippen molar-refractivity contribution in [2.75, 3.05) is 6.54 Å². The number of nitrogens with two attached hydrogens (primary N) is 1. The van der Waals surface area contributed by atoms with Crippen LogP contribution in [0.25, 0.3) is 0 Å². The third kappa shape index (κ3) is 6.19. The number of ether oxygens (including phenoxy) is 2. The number of amides is 1. The van der Waals surface area contributed by atoms with Gasteiger partial charge in [-0.05, 0) is 82.5 Å². The first-order valence-electron chi connectivity index (χ1n) is 14.1. The molecule has 1 amide bonds. The number of ketones is 1. The monoisotopic (exact) mass is 526 g/mol. The van der Waals surface area contributed by atoms with Crippen molar-refractivity contribution in [1.29, 1.82) is 0 Å². The minimum atomic E-state index is -2.31. The Bertz CT molecular complexity index is 824. The predicted molar refractivity (Wildman–Crippen MR) is 135 cm³/mol. The summed E-state index contributed by atoms with van der Waals surface area (Å²) in [5.41, 5.74) is 5.78. The third-order valence-corrected chi connectivity index (χ3v) is 8.86. The summed E-state index contributed by atoms with van der Waals surface area (Å²) in [7, 11) is 0. The molecule has 5 N–H and O–H groups in total. The van der Waals surface area contributed by atoms with E-state index in [9.17, 15) is 29.7 Å². The number of piperidine rings is 1. The summed E-state index contributed by atoms with van der Waals surface area (Å²) in [6.45, 7) is 7.67. The van der Waals surface area contributed by atoms with Crippen LogP contribution in [0, 0.1) is 23.7 Å². The number of aliphatic hydroxyl groups excluding tert-OH is 2. The maximum Gasteiger partial charge on any atom is 0.329 e. The molecule has 10 nitrogen and oxygen atoms in total. The zero-order chi connectivity index (χ0) is 27.5. The summed E-state index contributed by atoms with van der Waals surface area (Å²) in [6.07, 6.45) is 2.84. The molecule has 0 radical (unpaired) electrons. The number of esters is 1. The Hall–Kier alpha value is -1.59. The fraction of sp³-hybridized carbons (Fsp3) is 0.889. The molecule has 0 bridgehead atoms. The lowest BCUT2D eigenvalue weighted by Gasteiger charge is -2.41. The third-order valence-electron chi connectivity index (χ3n) is 8.86. The maximum atomic E-state index is 13.2. The summed E-state index contributed by atoms with van der Waals surface area (Å²) in [6, 6.07) is -0.907. The fourth-order valence-corrected chi connectivity index (χ4v) is 6.53. The lowest BCUT2D eigenvalue weighted by atomic mass is 9.78. The van der Waals surface area contributed by atoms with Crippen molar-refractivity contribution in [3.05, 3.63) is 0 Å². The second kappa shape index (κ2) is 12.5. The highest BCUT2D eigenvalue weighted by molar-refractivity contribution is 6.39. The lowest BCUT2D eigenvalue weighted by molar-refractivity contribution is -0.261. The molecule has 0 aromatic carbocycles. The number of carbonyl (C=O) groups excluding carboxylic acids is 3. The molecule has 2 saturated heterocycles. The fourth-order valence-electron chi connectivity index (χ4n) is 6.53. The molecule has 2 saturated carbocycles. The number of aliphatic hydroxyl groups is 3. The van der Waals surface area contributed by atoms with Gasteiger partial charge < -0.3 is 35.4 Å². The zero-order valence-corrected chi connectivity index (χ0v) is 22.7. The number of likely N-dealkylation sites (tertiary alicyclic amines) is 1. The van der Waals surface area contributed by atoms with E-state index in [1.54, 1.807) is 6.92 Å². The number of hydrogen-bond donors (Lipinski definition) is 4. The second-order valence-electron chi connectivity index (χ2n) is 11.1. The van der Waals surface area contributed by atoms with Crippen molar-refractivity contribution >= 4 is 17.7 Å². The van der Waals surface area contributed by atoms with E-state index in [1.165, 1.54) is 4.90 Å². The highest BCUT2D eigenvalue weighted by Crippen LogP contribution is 2.47. The first-order valence-corrected chi connectivity index (χ1v) is 14.1. The predicted octanol–water partition coefficient (Wildman–Crippen LogP) is 1.47. The van der Waals surface area contributed by atoms with Crippen molar-refractivity contribution in [3.63, 3.8) is 0 Å². The Morgan fingerprint density at radius 1 is 1.05 bits per heavy atom. The largest absolute Gasteiger partial charge is 0.461 e. The average Bonchev–Trinajstić information content (AvgIpc) is 3.34. The summed E-state index contributed by atoms with van der Waals surface area (Å²) in [5.74, 6) is -5.16. The smallest absolute Gasteiger partial charge is 0.329 e. The molecule has 0 aromatic rings. The van der Waals surface area contributed by atoms with E-state index in [-0.39, 0.29) is 18.4 Å². The van der Waals surface area contributed by atoms with Gasteiger partial charge in [0.15, 0.2) is 0 Å². The van der Waals surface area contributed by atoms with Crippen LogP contribution >= 0.6 is 0 Å². The Morgan fingerprint density at radius 3 is 2.46 bits per heavy atom. The molecule has 212 valence electrons. The highest BCUT2D eigenvalue weighted by atomic mass is 16.6. The lowest BCUT2D eigenvalue weighted by Crippen LogP contribution is -2.61. The van der Waals surface area contributed by atoms with Gasteiger partial charge in [-0.25, -0.2) is 4.79 Å². The van der Waals surface area contributed by atoms with Gasteiger partial charge in [0.1, 0.15) is 18.4 Å². The Morgan fingerprint density at radius 2 is 1.76 bits per heavy atom. The molecule has 10 atom stereocenters. The average molecular weight is 527 g/mol. The van der Waals surface area contributed by atoms with E-state index in [4.69, 9.17) is 15.2 Å². The SMILES string of the molecule is CC.CC(OC(=O)C1CCCCN1C(=O)C(=O)C1(O)OC(N)CCC1C)C1CC2CCC(O)C(O)C2C1. The molecule has 10 heteroatoms. The van der Waals surface area contributed by atoms with E-state index in [2.05, 4.69) is 0 Å². The van der Waals surface area contributed by atoms with Gasteiger partial charge in [-0.2, -0.15) is 0 Å². The van der Waals surface area contributed by atoms with Gasteiger partial charge in [0, 0.05) is 12.5 Å².